The van der Waals surface area contributed by atoms with Gasteiger partial charge in [-0.25, -0.2) is 15.0 Å². The van der Waals surface area contributed by atoms with E-state index < -0.39 is 24.5 Å². The summed E-state index contributed by atoms with van der Waals surface area (Å²) in [6.07, 6.45) is 0.881. The molecule has 0 saturated carbocycles. The van der Waals surface area contributed by atoms with E-state index in [1.54, 1.807) is 10.6 Å². The fourth-order valence-corrected chi connectivity index (χ4v) is 3.76. The third-order valence-corrected chi connectivity index (χ3v) is 5.18. The molecule has 4 rings (SSSR count). The molecule has 1 fully saturated rings. The molecule has 10 nitrogen and oxygen atoms in total. The van der Waals surface area contributed by atoms with Gasteiger partial charge in [0.2, 0.25) is 0 Å². The molecule has 1 aliphatic heterocycles. The van der Waals surface area contributed by atoms with Crippen molar-refractivity contribution < 1.29 is 14.9 Å². The number of benzene rings is 1. The Hall–Kier alpha value is -3.05. The summed E-state index contributed by atoms with van der Waals surface area (Å²) in [4.78, 5) is 14.4. The average molecular weight is 411 g/mol. The van der Waals surface area contributed by atoms with Crippen LogP contribution in [0.25, 0.3) is 11.2 Å². The maximum Gasteiger partial charge on any atom is 0.167 e. The number of hydrogen-bond donors (Lipinski definition) is 4. The van der Waals surface area contributed by atoms with Gasteiger partial charge in [0.25, 0.3) is 0 Å². The molecule has 3 heterocycles. The Balaban J connectivity index is 1.52. The smallest absolute Gasteiger partial charge is 0.167 e. The predicted octanol–water partition coefficient (Wildman–Crippen LogP) is 0.298. The Labute approximate surface area is 173 Å². The Bertz CT molecular complexity index is 1040. The summed E-state index contributed by atoms with van der Waals surface area (Å²) < 4.78 is 7.60. The molecule has 0 spiro atoms. The van der Waals surface area contributed by atoms with Crippen molar-refractivity contribution in [2.45, 2.75) is 31.1 Å². The van der Waals surface area contributed by atoms with E-state index in [1.165, 1.54) is 12.7 Å². The number of anilines is 2. The van der Waals surface area contributed by atoms with Gasteiger partial charge in [-0.1, -0.05) is 18.2 Å². The molecule has 0 amide bonds. The zero-order valence-electron chi connectivity index (χ0n) is 16.4. The van der Waals surface area contributed by atoms with Crippen LogP contribution in [-0.2, 0) is 11.3 Å². The van der Waals surface area contributed by atoms with Gasteiger partial charge in [0.1, 0.15) is 30.2 Å². The number of aliphatic hydroxyl groups is 2. The molecular formula is C20H25N7O3. The number of nitrogens with zero attached hydrogens (tertiary/aromatic N) is 5. The number of imidazole rings is 1. The highest BCUT2D eigenvalue weighted by Gasteiger charge is 2.44. The standard InChI is InChI=1S/C20H25N7O3/c1-2-6-26(8-12-4-3-5-13(21)7-12)9-14-16(28)17(29)20(30-14)27-11-25-15-18(22)23-10-24-19(15)27/h2-5,7,10-11,14,16-17,20,28-29H,1,6,8-9,21H2,(H2,22,23,24)/t14-,16-,17-,20-/m1/s1. The van der Waals surface area contributed by atoms with Crippen molar-refractivity contribution in [3.8, 4) is 0 Å². The number of aliphatic hydroxyl groups excluding tert-OH is 2. The molecule has 0 unspecified atom stereocenters. The molecule has 0 radical (unpaired) electrons. The van der Waals surface area contributed by atoms with E-state index in [-0.39, 0.29) is 5.82 Å². The normalized spacial score (nSPS) is 24.0. The summed E-state index contributed by atoms with van der Waals surface area (Å²) in [7, 11) is 0. The first-order valence-electron chi connectivity index (χ1n) is 9.60. The molecule has 1 saturated heterocycles. The van der Waals surface area contributed by atoms with E-state index in [1.807, 2.05) is 24.3 Å². The Kier molecular flexibility index (Phi) is 5.64. The van der Waals surface area contributed by atoms with Crippen molar-refractivity contribution in [2.75, 3.05) is 24.6 Å². The maximum atomic E-state index is 10.6. The molecule has 3 aromatic rings. The van der Waals surface area contributed by atoms with Crippen LogP contribution in [0.3, 0.4) is 0 Å². The van der Waals surface area contributed by atoms with Gasteiger partial charge in [0.15, 0.2) is 17.7 Å². The van der Waals surface area contributed by atoms with Crippen molar-refractivity contribution >= 4 is 22.7 Å². The second kappa shape index (κ2) is 8.36. The van der Waals surface area contributed by atoms with Crippen molar-refractivity contribution in [1.82, 2.24) is 24.4 Å². The first-order valence-corrected chi connectivity index (χ1v) is 9.60. The summed E-state index contributed by atoms with van der Waals surface area (Å²) >= 11 is 0. The van der Waals surface area contributed by atoms with Crippen molar-refractivity contribution in [1.29, 1.82) is 0 Å². The molecular weight excluding hydrogens is 386 g/mol. The van der Waals surface area contributed by atoms with Crippen LogP contribution in [0.5, 0.6) is 0 Å². The Morgan fingerprint density at radius 3 is 2.80 bits per heavy atom. The lowest BCUT2D eigenvalue weighted by Gasteiger charge is -2.25. The highest BCUT2D eigenvalue weighted by atomic mass is 16.6. The van der Waals surface area contributed by atoms with Gasteiger partial charge < -0.3 is 26.4 Å². The average Bonchev–Trinajstić information content (AvgIpc) is 3.26. The third kappa shape index (κ3) is 3.85. The summed E-state index contributed by atoms with van der Waals surface area (Å²) in [6.45, 7) is 5.38. The first kappa shape index (κ1) is 20.2. The number of ether oxygens (including phenoxy) is 1. The number of fused-ring (bicyclic) bond motifs is 1. The van der Waals surface area contributed by atoms with Crippen LogP contribution in [-0.4, -0.2) is 66.0 Å². The highest BCUT2D eigenvalue weighted by molar-refractivity contribution is 5.81. The molecule has 1 aromatic carbocycles. The summed E-state index contributed by atoms with van der Waals surface area (Å²) in [5.41, 5.74) is 14.3. The minimum absolute atomic E-state index is 0.239. The fraction of sp³-hybridized carbons (Fsp3) is 0.350. The second-order valence-electron chi connectivity index (χ2n) is 7.36. The van der Waals surface area contributed by atoms with Gasteiger partial charge in [0.05, 0.1) is 6.33 Å². The van der Waals surface area contributed by atoms with Crippen molar-refractivity contribution in [3.05, 3.63) is 55.1 Å². The highest BCUT2D eigenvalue weighted by Crippen LogP contribution is 2.32. The number of rotatable bonds is 7. The van der Waals surface area contributed by atoms with E-state index in [4.69, 9.17) is 16.2 Å². The van der Waals surface area contributed by atoms with Crippen LogP contribution in [0, 0.1) is 0 Å². The Morgan fingerprint density at radius 2 is 2.03 bits per heavy atom. The molecule has 2 aromatic heterocycles. The first-order chi connectivity index (χ1) is 14.5. The van der Waals surface area contributed by atoms with Gasteiger partial charge in [0, 0.05) is 25.3 Å². The van der Waals surface area contributed by atoms with Crippen LogP contribution in [0.15, 0.2) is 49.6 Å². The Morgan fingerprint density at radius 1 is 1.20 bits per heavy atom. The van der Waals surface area contributed by atoms with Gasteiger partial charge in [-0.15, -0.1) is 6.58 Å². The van der Waals surface area contributed by atoms with Crippen LogP contribution < -0.4 is 11.5 Å². The third-order valence-electron chi connectivity index (χ3n) is 5.18. The number of aromatic nitrogens is 4. The molecule has 30 heavy (non-hydrogen) atoms. The molecule has 6 N–H and O–H groups in total. The van der Waals surface area contributed by atoms with Gasteiger partial charge in [-0.05, 0) is 17.7 Å². The molecule has 0 aliphatic carbocycles. The number of hydrogen-bond acceptors (Lipinski definition) is 9. The predicted molar refractivity (Wildman–Crippen MR) is 112 cm³/mol. The second-order valence-corrected chi connectivity index (χ2v) is 7.36. The molecule has 10 heteroatoms. The summed E-state index contributed by atoms with van der Waals surface area (Å²) in [5.74, 6) is 0.239. The van der Waals surface area contributed by atoms with E-state index in [9.17, 15) is 10.2 Å². The van der Waals surface area contributed by atoms with E-state index in [2.05, 4.69) is 26.4 Å². The largest absolute Gasteiger partial charge is 0.399 e. The SMILES string of the molecule is C=CCN(Cc1cccc(N)c1)C[C@H]1O[C@@H](n2cnc3c(N)ncnc32)[C@H](O)[C@@H]1O. The molecule has 158 valence electrons. The van der Waals surface area contributed by atoms with E-state index >= 15 is 0 Å². The topological polar surface area (TPSA) is 149 Å². The number of nitrogens with two attached hydrogens (primary N) is 2. The lowest BCUT2D eigenvalue weighted by molar-refractivity contribution is -0.0439. The lowest BCUT2D eigenvalue weighted by Crippen LogP contribution is -2.39. The summed E-state index contributed by atoms with van der Waals surface area (Å²) in [5, 5.41) is 21.3. The maximum absolute atomic E-state index is 10.6. The van der Waals surface area contributed by atoms with E-state index in [0.717, 1.165) is 5.56 Å². The van der Waals surface area contributed by atoms with Gasteiger partial charge in [-0.3, -0.25) is 9.47 Å². The van der Waals surface area contributed by atoms with E-state index in [0.29, 0.717) is 36.5 Å². The van der Waals surface area contributed by atoms with Crippen LogP contribution >= 0.6 is 0 Å². The molecule has 1 aliphatic rings. The number of nitrogen functional groups attached to an aromatic ring is 2. The van der Waals surface area contributed by atoms with Crippen LogP contribution in [0.2, 0.25) is 0 Å². The summed E-state index contributed by atoms with van der Waals surface area (Å²) in [6, 6.07) is 7.62. The van der Waals surface area contributed by atoms with Crippen molar-refractivity contribution in [2.24, 2.45) is 0 Å². The van der Waals surface area contributed by atoms with Crippen LogP contribution in [0.1, 0.15) is 11.8 Å². The van der Waals surface area contributed by atoms with Crippen LogP contribution in [0.4, 0.5) is 11.5 Å². The van der Waals surface area contributed by atoms with Crippen molar-refractivity contribution in [3.63, 3.8) is 0 Å². The monoisotopic (exact) mass is 411 g/mol. The molecule has 4 atom stereocenters. The zero-order chi connectivity index (χ0) is 21.3. The van der Waals surface area contributed by atoms with Gasteiger partial charge in [-0.2, -0.15) is 0 Å². The van der Waals surface area contributed by atoms with Gasteiger partial charge >= 0.3 is 0 Å². The quantitative estimate of drug-likeness (QED) is 0.318. The fourth-order valence-electron chi connectivity index (χ4n) is 3.76. The lowest BCUT2D eigenvalue weighted by atomic mass is 10.1. The molecule has 0 bridgehead atoms. The minimum Gasteiger partial charge on any atom is -0.399 e. The minimum atomic E-state index is -1.15. The zero-order valence-corrected chi connectivity index (χ0v) is 16.4.